The minimum Gasteiger partial charge on any atom is -0.390 e. The summed E-state index contributed by atoms with van der Waals surface area (Å²) < 4.78 is 0. The molecule has 0 aromatic heterocycles. The molecule has 0 spiro atoms. The molecule has 0 bridgehead atoms. The van der Waals surface area contributed by atoms with Gasteiger partial charge in [-0.15, -0.1) is 0 Å². The van der Waals surface area contributed by atoms with Gasteiger partial charge in [0.15, 0.2) is 0 Å². The number of carbonyl (C=O) groups is 1. The number of rotatable bonds is 9. The largest absolute Gasteiger partial charge is 0.390 e. The molecule has 1 aliphatic rings. The third-order valence-corrected chi connectivity index (χ3v) is 6.42. The summed E-state index contributed by atoms with van der Waals surface area (Å²) >= 11 is 0. The van der Waals surface area contributed by atoms with Crippen LogP contribution in [-0.2, 0) is 11.2 Å². The molecule has 35 heavy (non-hydrogen) atoms. The molecule has 0 saturated carbocycles. The fraction of sp³-hybridized carbons (Fsp3) is 0.267. The van der Waals surface area contributed by atoms with Crippen LogP contribution in [-0.4, -0.2) is 48.4 Å². The first-order valence-corrected chi connectivity index (χ1v) is 12.3. The first-order chi connectivity index (χ1) is 17.3. The molecule has 4 rings (SSSR count). The van der Waals surface area contributed by atoms with E-state index in [-0.39, 0.29) is 17.5 Å². The monoisotopic (exact) mass is 464 g/mol. The zero-order valence-electron chi connectivity index (χ0n) is 20.0. The van der Waals surface area contributed by atoms with Crippen molar-refractivity contribution in [2.45, 2.75) is 18.9 Å². The van der Waals surface area contributed by atoms with Crippen LogP contribution < -0.4 is 5.32 Å². The first kappa shape index (κ1) is 24.3. The average molecular weight is 465 g/mol. The zero-order chi connectivity index (χ0) is 24.3. The zero-order valence-corrected chi connectivity index (χ0v) is 20.0. The number of hydrogen-bond donors (Lipinski definition) is 1. The highest BCUT2D eigenvalue weighted by Gasteiger charge is 2.29. The SMILES string of the molecule is N#C/C(=C/NCCCc1ccccc1)C(=O)N1CCN(C(c2ccccc2)c2ccccc2)CC1. The van der Waals surface area contributed by atoms with Crippen molar-refractivity contribution in [1.29, 1.82) is 5.26 Å². The highest BCUT2D eigenvalue weighted by Crippen LogP contribution is 2.29. The third kappa shape index (κ3) is 6.59. The summed E-state index contributed by atoms with van der Waals surface area (Å²) in [7, 11) is 0. The lowest BCUT2D eigenvalue weighted by atomic mass is 9.96. The van der Waals surface area contributed by atoms with Gasteiger partial charge in [-0.25, -0.2) is 0 Å². The van der Waals surface area contributed by atoms with Gasteiger partial charge in [-0.05, 0) is 29.5 Å². The molecule has 5 heteroatoms. The number of benzene rings is 3. The summed E-state index contributed by atoms with van der Waals surface area (Å²) in [6.07, 6.45) is 3.48. The number of aryl methyl sites for hydroxylation is 1. The van der Waals surface area contributed by atoms with Gasteiger partial charge in [0.2, 0.25) is 0 Å². The van der Waals surface area contributed by atoms with Crippen LogP contribution in [0.5, 0.6) is 0 Å². The standard InChI is InChI=1S/C30H32N4O/c31-23-28(24-32-18-10-13-25-11-4-1-5-12-25)30(35)34-21-19-33(20-22-34)29(26-14-6-2-7-15-26)27-16-8-3-9-17-27/h1-9,11-12,14-17,24,29,32H,10,13,18-22H2/b28-24-. The van der Waals surface area contributed by atoms with E-state index in [0.717, 1.165) is 32.5 Å². The maximum absolute atomic E-state index is 13.0. The Kier molecular flexibility index (Phi) is 8.69. The molecule has 1 N–H and O–H groups in total. The topological polar surface area (TPSA) is 59.4 Å². The fourth-order valence-corrected chi connectivity index (χ4v) is 4.59. The maximum atomic E-state index is 13.0. The Balaban J connectivity index is 1.33. The van der Waals surface area contributed by atoms with Crippen LogP contribution in [0.3, 0.4) is 0 Å². The van der Waals surface area contributed by atoms with Crippen LogP contribution in [0.15, 0.2) is 103 Å². The first-order valence-electron chi connectivity index (χ1n) is 12.3. The summed E-state index contributed by atoms with van der Waals surface area (Å²) in [5.74, 6) is -0.196. The molecule has 3 aromatic rings. The van der Waals surface area contributed by atoms with Crippen molar-refractivity contribution in [2.75, 3.05) is 32.7 Å². The molecule has 1 amide bonds. The fourth-order valence-electron chi connectivity index (χ4n) is 4.59. The van der Waals surface area contributed by atoms with Crippen LogP contribution in [0, 0.1) is 11.3 Å². The lowest BCUT2D eigenvalue weighted by molar-refractivity contribution is -0.128. The molecule has 1 saturated heterocycles. The second-order valence-electron chi connectivity index (χ2n) is 8.77. The van der Waals surface area contributed by atoms with Gasteiger partial charge in [0, 0.05) is 38.9 Å². The van der Waals surface area contributed by atoms with E-state index >= 15 is 0 Å². The highest BCUT2D eigenvalue weighted by molar-refractivity contribution is 5.97. The Labute approximate surface area is 208 Å². The van der Waals surface area contributed by atoms with E-state index in [4.69, 9.17) is 0 Å². The van der Waals surface area contributed by atoms with Crippen LogP contribution in [0.2, 0.25) is 0 Å². The lowest BCUT2D eigenvalue weighted by Gasteiger charge is -2.39. The predicted molar refractivity (Wildman–Crippen MR) is 139 cm³/mol. The van der Waals surface area contributed by atoms with Gasteiger partial charge in [-0.3, -0.25) is 9.69 Å². The number of amides is 1. The number of piperazine rings is 1. The minimum atomic E-state index is -0.196. The van der Waals surface area contributed by atoms with Crippen molar-refractivity contribution in [2.24, 2.45) is 0 Å². The number of carbonyl (C=O) groups excluding carboxylic acids is 1. The second-order valence-corrected chi connectivity index (χ2v) is 8.77. The Morgan fingerprint density at radius 2 is 1.40 bits per heavy atom. The molecule has 0 atom stereocenters. The van der Waals surface area contributed by atoms with Crippen LogP contribution in [0.25, 0.3) is 0 Å². The number of nitrogens with one attached hydrogen (secondary N) is 1. The quantitative estimate of drug-likeness (QED) is 0.287. The molecule has 1 heterocycles. The molecule has 178 valence electrons. The van der Waals surface area contributed by atoms with Gasteiger partial charge in [-0.1, -0.05) is 91.0 Å². The molecule has 0 aliphatic carbocycles. The summed E-state index contributed by atoms with van der Waals surface area (Å²) in [5, 5.41) is 12.7. The van der Waals surface area contributed by atoms with E-state index in [1.54, 1.807) is 11.1 Å². The van der Waals surface area contributed by atoms with E-state index in [1.807, 2.05) is 30.3 Å². The van der Waals surface area contributed by atoms with Gasteiger partial charge < -0.3 is 10.2 Å². The van der Waals surface area contributed by atoms with Crippen molar-refractivity contribution in [3.63, 3.8) is 0 Å². The summed E-state index contributed by atoms with van der Waals surface area (Å²) in [6, 6.07) is 33.5. The van der Waals surface area contributed by atoms with Gasteiger partial charge >= 0.3 is 0 Å². The summed E-state index contributed by atoms with van der Waals surface area (Å²) in [6.45, 7) is 3.42. The molecule has 5 nitrogen and oxygen atoms in total. The maximum Gasteiger partial charge on any atom is 0.266 e. The van der Waals surface area contributed by atoms with Crippen LogP contribution >= 0.6 is 0 Å². The third-order valence-electron chi connectivity index (χ3n) is 6.42. The van der Waals surface area contributed by atoms with Gasteiger partial charge in [0.1, 0.15) is 11.6 Å². The van der Waals surface area contributed by atoms with Gasteiger partial charge in [0.05, 0.1) is 6.04 Å². The van der Waals surface area contributed by atoms with E-state index in [2.05, 4.69) is 76.9 Å². The highest BCUT2D eigenvalue weighted by atomic mass is 16.2. The Bertz CT molecular complexity index is 1090. The Morgan fingerprint density at radius 3 is 1.94 bits per heavy atom. The summed E-state index contributed by atoms with van der Waals surface area (Å²) in [4.78, 5) is 17.2. The Hall–Kier alpha value is -3.88. The second kappa shape index (κ2) is 12.5. The van der Waals surface area contributed by atoms with E-state index in [0.29, 0.717) is 13.1 Å². The van der Waals surface area contributed by atoms with Gasteiger partial charge in [0.25, 0.3) is 5.91 Å². The van der Waals surface area contributed by atoms with Crippen molar-refractivity contribution >= 4 is 5.91 Å². The number of hydrogen-bond acceptors (Lipinski definition) is 4. The molecular formula is C30H32N4O. The van der Waals surface area contributed by atoms with Crippen molar-refractivity contribution < 1.29 is 4.79 Å². The lowest BCUT2D eigenvalue weighted by Crippen LogP contribution is -2.50. The van der Waals surface area contributed by atoms with Crippen LogP contribution in [0.4, 0.5) is 0 Å². The molecule has 0 unspecified atom stereocenters. The normalized spacial score (nSPS) is 14.5. The van der Waals surface area contributed by atoms with E-state index in [1.165, 1.54) is 16.7 Å². The van der Waals surface area contributed by atoms with Gasteiger partial charge in [-0.2, -0.15) is 5.26 Å². The Morgan fingerprint density at radius 1 is 0.857 bits per heavy atom. The smallest absolute Gasteiger partial charge is 0.266 e. The molecular weight excluding hydrogens is 432 g/mol. The number of nitrogens with zero attached hydrogens (tertiary/aromatic N) is 3. The molecule has 0 radical (unpaired) electrons. The van der Waals surface area contributed by atoms with Crippen molar-refractivity contribution in [3.8, 4) is 6.07 Å². The van der Waals surface area contributed by atoms with Crippen LogP contribution in [0.1, 0.15) is 29.2 Å². The minimum absolute atomic E-state index is 0.145. The molecule has 1 fully saturated rings. The van der Waals surface area contributed by atoms with E-state index in [9.17, 15) is 10.1 Å². The summed E-state index contributed by atoms with van der Waals surface area (Å²) in [5.41, 5.74) is 3.95. The molecule has 3 aromatic carbocycles. The predicted octanol–water partition coefficient (Wildman–Crippen LogP) is 4.55. The molecule has 1 aliphatic heterocycles. The van der Waals surface area contributed by atoms with E-state index < -0.39 is 0 Å². The van der Waals surface area contributed by atoms with Crippen molar-refractivity contribution in [1.82, 2.24) is 15.1 Å². The average Bonchev–Trinajstić information content (AvgIpc) is 2.93. The number of nitriles is 1. The van der Waals surface area contributed by atoms with Crippen molar-refractivity contribution in [3.05, 3.63) is 119 Å².